The van der Waals surface area contributed by atoms with E-state index in [9.17, 15) is 10.1 Å². The fourth-order valence-corrected chi connectivity index (χ4v) is 1.13. The number of hydrogen-bond acceptors (Lipinski definition) is 4. The third-order valence-corrected chi connectivity index (χ3v) is 1.83. The fourth-order valence-electron chi connectivity index (χ4n) is 0.966. The van der Waals surface area contributed by atoms with Gasteiger partial charge < -0.3 is 9.84 Å². The highest BCUT2D eigenvalue weighted by Crippen LogP contribution is 2.29. The number of rotatable bonds is 4. The van der Waals surface area contributed by atoms with Gasteiger partial charge in [0.15, 0.2) is 5.75 Å². The van der Waals surface area contributed by atoms with Crippen LogP contribution in [0.2, 0.25) is 5.02 Å². The molecule has 15 heavy (non-hydrogen) atoms. The lowest BCUT2D eigenvalue weighted by molar-refractivity contribution is -0.385. The highest BCUT2D eigenvalue weighted by molar-refractivity contribution is 6.30. The van der Waals surface area contributed by atoms with Crippen LogP contribution in [0, 0.1) is 10.1 Å². The lowest BCUT2D eigenvalue weighted by atomic mass is 10.3. The van der Waals surface area contributed by atoms with Gasteiger partial charge in [-0.05, 0) is 19.1 Å². The molecule has 1 rings (SSSR count). The van der Waals surface area contributed by atoms with Gasteiger partial charge in [-0.2, -0.15) is 0 Å². The molecule has 0 aromatic heterocycles. The summed E-state index contributed by atoms with van der Waals surface area (Å²) in [5.74, 6) is 0.102. The minimum Gasteiger partial charge on any atom is -0.484 e. The number of nitrogens with zero attached hydrogens (tertiary/aromatic N) is 1. The summed E-state index contributed by atoms with van der Waals surface area (Å²) in [5.41, 5.74) is -0.205. The zero-order valence-electron chi connectivity index (χ0n) is 8.01. The molecule has 5 nitrogen and oxygen atoms in total. The van der Waals surface area contributed by atoms with E-state index >= 15 is 0 Å². The van der Waals surface area contributed by atoms with Crippen LogP contribution in [0.5, 0.6) is 5.75 Å². The summed E-state index contributed by atoms with van der Waals surface area (Å²) in [4.78, 5) is 10.0. The van der Waals surface area contributed by atoms with E-state index in [-0.39, 0.29) is 23.1 Å². The number of nitro benzene ring substituents is 1. The van der Waals surface area contributed by atoms with E-state index in [1.165, 1.54) is 25.1 Å². The Morgan fingerprint density at radius 2 is 2.33 bits per heavy atom. The van der Waals surface area contributed by atoms with Gasteiger partial charge >= 0.3 is 5.69 Å². The Morgan fingerprint density at radius 1 is 1.67 bits per heavy atom. The molecule has 0 bridgehead atoms. The smallest absolute Gasteiger partial charge is 0.312 e. The number of benzene rings is 1. The van der Waals surface area contributed by atoms with Crippen LogP contribution < -0.4 is 4.74 Å². The lowest BCUT2D eigenvalue weighted by Crippen LogP contribution is -2.13. The second kappa shape index (κ2) is 4.95. The van der Waals surface area contributed by atoms with Gasteiger partial charge in [-0.3, -0.25) is 10.1 Å². The van der Waals surface area contributed by atoms with Crippen molar-refractivity contribution in [1.82, 2.24) is 0 Å². The van der Waals surface area contributed by atoms with Gasteiger partial charge in [0.2, 0.25) is 0 Å². The predicted octanol–water partition coefficient (Wildman–Crippen LogP) is 2.01. The molecule has 0 fully saturated rings. The number of hydrogen-bond donors (Lipinski definition) is 1. The van der Waals surface area contributed by atoms with Gasteiger partial charge in [0, 0.05) is 11.1 Å². The first kappa shape index (κ1) is 11.7. The molecule has 6 heteroatoms. The zero-order valence-corrected chi connectivity index (χ0v) is 8.77. The number of aliphatic hydroxyl groups excluding tert-OH is 1. The highest BCUT2D eigenvalue weighted by atomic mass is 35.5. The van der Waals surface area contributed by atoms with Gasteiger partial charge in [-0.25, -0.2) is 0 Å². The number of halogens is 1. The molecule has 0 saturated carbocycles. The normalized spacial score (nSPS) is 12.2. The van der Waals surface area contributed by atoms with Crippen molar-refractivity contribution in [3.05, 3.63) is 33.3 Å². The van der Waals surface area contributed by atoms with E-state index < -0.39 is 11.0 Å². The minimum absolute atomic E-state index is 0.00245. The van der Waals surface area contributed by atoms with Crippen LogP contribution in [0.25, 0.3) is 0 Å². The largest absolute Gasteiger partial charge is 0.484 e. The van der Waals surface area contributed by atoms with Crippen molar-refractivity contribution >= 4 is 17.3 Å². The van der Waals surface area contributed by atoms with Crippen molar-refractivity contribution in [1.29, 1.82) is 0 Å². The van der Waals surface area contributed by atoms with Crippen LogP contribution in [0.15, 0.2) is 18.2 Å². The molecule has 1 atom stereocenters. The van der Waals surface area contributed by atoms with Gasteiger partial charge in [0.25, 0.3) is 0 Å². The monoisotopic (exact) mass is 231 g/mol. The van der Waals surface area contributed by atoms with Gasteiger partial charge in [0.05, 0.1) is 11.0 Å². The summed E-state index contributed by atoms with van der Waals surface area (Å²) < 4.78 is 5.06. The molecule has 0 saturated heterocycles. The molecule has 0 radical (unpaired) electrons. The van der Waals surface area contributed by atoms with Crippen LogP contribution in [0.1, 0.15) is 6.92 Å². The van der Waals surface area contributed by atoms with E-state index in [1.807, 2.05) is 0 Å². The van der Waals surface area contributed by atoms with E-state index in [2.05, 4.69) is 0 Å². The van der Waals surface area contributed by atoms with Gasteiger partial charge in [-0.1, -0.05) is 11.6 Å². The first-order chi connectivity index (χ1) is 7.00. The molecule has 0 aliphatic carbocycles. The Kier molecular flexibility index (Phi) is 3.88. The molecule has 1 aromatic carbocycles. The summed E-state index contributed by atoms with van der Waals surface area (Å²) in [5, 5.41) is 19.9. The molecule has 0 amide bonds. The Morgan fingerprint density at radius 3 is 2.87 bits per heavy atom. The third kappa shape index (κ3) is 3.38. The molecule has 82 valence electrons. The molecule has 1 N–H and O–H groups in total. The quantitative estimate of drug-likeness (QED) is 0.636. The van der Waals surface area contributed by atoms with Gasteiger partial charge in [-0.15, -0.1) is 0 Å². The van der Waals surface area contributed by atoms with E-state index in [1.54, 1.807) is 0 Å². The molecule has 0 heterocycles. The molecule has 0 aliphatic rings. The van der Waals surface area contributed by atoms with Crippen molar-refractivity contribution in [2.75, 3.05) is 6.61 Å². The first-order valence-corrected chi connectivity index (χ1v) is 4.63. The first-order valence-electron chi connectivity index (χ1n) is 4.25. The Balaban J connectivity index is 2.91. The van der Waals surface area contributed by atoms with E-state index in [0.29, 0.717) is 0 Å². The molecule has 0 spiro atoms. The number of nitro groups is 1. The van der Waals surface area contributed by atoms with E-state index in [0.717, 1.165) is 0 Å². The molecule has 0 aliphatic heterocycles. The minimum atomic E-state index is -0.680. The lowest BCUT2D eigenvalue weighted by Gasteiger charge is -2.08. The summed E-state index contributed by atoms with van der Waals surface area (Å²) in [6.07, 6.45) is -0.680. The van der Waals surface area contributed by atoms with Crippen molar-refractivity contribution in [2.45, 2.75) is 13.0 Å². The van der Waals surface area contributed by atoms with Gasteiger partial charge in [0.1, 0.15) is 6.61 Å². The number of aliphatic hydroxyl groups is 1. The Labute approximate surface area is 91.4 Å². The SMILES string of the molecule is C[C@H](O)COc1ccc(Cl)cc1[N+](=O)[O-]. The van der Waals surface area contributed by atoms with Crippen LogP contribution >= 0.6 is 11.6 Å². The van der Waals surface area contributed by atoms with Crippen molar-refractivity contribution < 1.29 is 14.8 Å². The zero-order chi connectivity index (χ0) is 11.4. The van der Waals surface area contributed by atoms with Crippen molar-refractivity contribution in [3.8, 4) is 5.75 Å². The summed E-state index contributed by atoms with van der Waals surface area (Å²) in [7, 11) is 0. The molecule has 0 unspecified atom stereocenters. The molecular formula is C9H10ClNO4. The average molecular weight is 232 g/mol. The van der Waals surface area contributed by atoms with Crippen LogP contribution in [0.4, 0.5) is 5.69 Å². The highest BCUT2D eigenvalue weighted by Gasteiger charge is 2.15. The maximum Gasteiger partial charge on any atom is 0.312 e. The second-order valence-corrected chi connectivity index (χ2v) is 3.47. The Hall–Kier alpha value is -1.33. The molecular weight excluding hydrogens is 222 g/mol. The van der Waals surface area contributed by atoms with Crippen molar-refractivity contribution in [2.24, 2.45) is 0 Å². The summed E-state index contributed by atoms with van der Waals surface area (Å²) in [6.45, 7) is 1.53. The summed E-state index contributed by atoms with van der Waals surface area (Å²) in [6, 6.07) is 4.10. The van der Waals surface area contributed by atoms with Crippen LogP contribution in [-0.2, 0) is 0 Å². The van der Waals surface area contributed by atoms with Crippen LogP contribution in [-0.4, -0.2) is 22.7 Å². The molecule has 1 aromatic rings. The maximum atomic E-state index is 10.6. The maximum absolute atomic E-state index is 10.6. The fraction of sp³-hybridized carbons (Fsp3) is 0.333. The Bertz CT molecular complexity index is 367. The standard InChI is InChI=1S/C9H10ClNO4/c1-6(12)5-15-9-3-2-7(10)4-8(9)11(13)14/h2-4,6,12H,5H2,1H3/t6-/m0/s1. The number of ether oxygens (including phenoxy) is 1. The average Bonchev–Trinajstić information content (AvgIpc) is 2.15. The van der Waals surface area contributed by atoms with Crippen LogP contribution in [0.3, 0.4) is 0 Å². The topological polar surface area (TPSA) is 72.6 Å². The predicted molar refractivity (Wildman–Crippen MR) is 55.3 cm³/mol. The van der Waals surface area contributed by atoms with E-state index in [4.69, 9.17) is 21.4 Å². The second-order valence-electron chi connectivity index (χ2n) is 3.03. The third-order valence-electron chi connectivity index (χ3n) is 1.60. The summed E-state index contributed by atoms with van der Waals surface area (Å²) >= 11 is 5.61. The van der Waals surface area contributed by atoms with Crippen molar-refractivity contribution in [3.63, 3.8) is 0 Å².